The van der Waals surface area contributed by atoms with Crippen molar-refractivity contribution in [3.05, 3.63) is 18.0 Å². The molecule has 0 aliphatic rings. The Balaban J connectivity index is 2.87. The van der Waals surface area contributed by atoms with Gasteiger partial charge < -0.3 is 9.80 Å². The predicted octanol–water partition coefficient (Wildman–Crippen LogP) is 0.263. The molecule has 0 saturated heterocycles. The molecule has 6 heteroatoms. The van der Waals surface area contributed by atoms with Gasteiger partial charge in [-0.1, -0.05) is 0 Å². The van der Waals surface area contributed by atoms with Gasteiger partial charge in [0.15, 0.2) is 0 Å². The van der Waals surface area contributed by atoms with Gasteiger partial charge >= 0.3 is 0 Å². The molecule has 0 aromatic carbocycles. The molecule has 0 radical (unpaired) electrons. The lowest BCUT2D eigenvalue weighted by Gasteiger charge is -2.21. The van der Waals surface area contributed by atoms with Gasteiger partial charge in [0.05, 0.1) is 6.54 Å². The third-order valence-electron chi connectivity index (χ3n) is 2.25. The largest absolute Gasteiger partial charge is 0.347 e. The molecule has 1 amide bonds. The number of amides is 1. The summed E-state index contributed by atoms with van der Waals surface area (Å²) in [6.45, 7) is 2.72. The maximum atomic E-state index is 11.6. The predicted molar refractivity (Wildman–Crippen MR) is 63.3 cm³/mol. The van der Waals surface area contributed by atoms with E-state index in [-0.39, 0.29) is 12.5 Å². The lowest BCUT2D eigenvalue weighted by Crippen LogP contribution is -2.37. The second kappa shape index (κ2) is 5.80. The molecule has 90 valence electrons. The minimum atomic E-state index is -0.0298. The molecular weight excluding hydrogens is 218 g/mol. The summed E-state index contributed by atoms with van der Waals surface area (Å²) in [6.07, 6.45) is 1.52. The molecule has 0 aliphatic heterocycles. The molecule has 0 bridgehead atoms. The fourth-order valence-electron chi connectivity index (χ4n) is 1.19. The Hall–Kier alpha value is -2.16. The number of carbonyl (C=O) groups is 1. The lowest BCUT2D eigenvalue weighted by molar-refractivity contribution is -0.127. The van der Waals surface area contributed by atoms with Crippen molar-refractivity contribution in [1.29, 1.82) is 5.26 Å². The van der Waals surface area contributed by atoms with Crippen LogP contribution < -0.4 is 4.90 Å². The zero-order valence-electron chi connectivity index (χ0n) is 10.2. The van der Waals surface area contributed by atoms with Crippen LogP contribution in [0.5, 0.6) is 0 Å². The summed E-state index contributed by atoms with van der Waals surface area (Å²) in [5.41, 5.74) is 0.297. The summed E-state index contributed by atoms with van der Waals surface area (Å²) in [5.74, 6) is 0.375. The Morgan fingerprint density at radius 3 is 2.76 bits per heavy atom. The first kappa shape index (κ1) is 12.9. The van der Waals surface area contributed by atoms with Crippen LogP contribution in [0.1, 0.15) is 12.6 Å². The number of likely N-dealkylation sites (N-methyl/N-ethyl adjacent to an activating group) is 2. The van der Waals surface area contributed by atoms with Gasteiger partial charge in [0.1, 0.15) is 11.8 Å². The van der Waals surface area contributed by atoms with Crippen LogP contribution in [-0.2, 0) is 4.79 Å². The molecule has 0 aliphatic carbocycles. The SMILES string of the molecule is CCN(CC(=O)N(C)C)c1nccc(C#N)n1. The standard InChI is InChI=1S/C11H15N5O/c1-4-16(8-10(17)15(2)3)11-13-6-5-9(7-12)14-11/h5-6H,4,8H2,1-3H3. The first-order chi connectivity index (χ1) is 8.08. The molecule has 1 heterocycles. The molecule has 1 aromatic heterocycles. The van der Waals surface area contributed by atoms with Gasteiger partial charge in [0.2, 0.25) is 11.9 Å². The molecule has 1 aromatic rings. The summed E-state index contributed by atoms with van der Waals surface area (Å²) in [6, 6.07) is 3.48. The number of hydrogen-bond donors (Lipinski definition) is 0. The van der Waals surface area contributed by atoms with Crippen molar-refractivity contribution in [2.75, 3.05) is 32.1 Å². The van der Waals surface area contributed by atoms with Crippen LogP contribution in [0.4, 0.5) is 5.95 Å². The lowest BCUT2D eigenvalue weighted by atomic mass is 10.4. The van der Waals surface area contributed by atoms with Gasteiger partial charge in [-0.2, -0.15) is 5.26 Å². The molecule has 0 N–H and O–H groups in total. The van der Waals surface area contributed by atoms with E-state index in [1.807, 2.05) is 13.0 Å². The molecule has 6 nitrogen and oxygen atoms in total. The summed E-state index contributed by atoms with van der Waals surface area (Å²) >= 11 is 0. The topological polar surface area (TPSA) is 73.1 Å². The molecule has 0 unspecified atom stereocenters. The Morgan fingerprint density at radius 1 is 1.53 bits per heavy atom. The molecule has 0 spiro atoms. The van der Waals surface area contributed by atoms with E-state index in [4.69, 9.17) is 5.26 Å². The number of carbonyl (C=O) groups excluding carboxylic acids is 1. The second-order valence-electron chi connectivity index (χ2n) is 3.66. The number of rotatable bonds is 4. The van der Waals surface area contributed by atoms with Gasteiger partial charge in [0, 0.05) is 26.8 Å². The van der Waals surface area contributed by atoms with Crippen LogP contribution in [0.25, 0.3) is 0 Å². The van der Waals surface area contributed by atoms with Gasteiger partial charge in [-0.25, -0.2) is 9.97 Å². The van der Waals surface area contributed by atoms with Crippen LogP contribution >= 0.6 is 0 Å². The van der Waals surface area contributed by atoms with Crippen LogP contribution in [0.2, 0.25) is 0 Å². The third kappa shape index (κ3) is 3.41. The molecule has 0 fully saturated rings. The zero-order valence-corrected chi connectivity index (χ0v) is 10.2. The maximum absolute atomic E-state index is 11.6. The van der Waals surface area contributed by atoms with Crippen molar-refractivity contribution in [1.82, 2.24) is 14.9 Å². The minimum Gasteiger partial charge on any atom is -0.347 e. The molecule has 17 heavy (non-hydrogen) atoms. The fraction of sp³-hybridized carbons (Fsp3) is 0.455. The van der Waals surface area contributed by atoms with E-state index in [1.54, 1.807) is 19.0 Å². The summed E-state index contributed by atoms with van der Waals surface area (Å²) in [7, 11) is 3.39. The highest BCUT2D eigenvalue weighted by atomic mass is 16.2. The maximum Gasteiger partial charge on any atom is 0.241 e. The van der Waals surface area contributed by atoms with E-state index in [9.17, 15) is 4.79 Å². The van der Waals surface area contributed by atoms with Gasteiger partial charge in [-0.05, 0) is 13.0 Å². The highest BCUT2D eigenvalue weighted by molar-refractivity contribution is 5.80. The highest BCUT2D eigenvalue weighted by Gasteiger charge is 2.13. The average molecular weight is 233 g/mol. The molecular formula is C11H15N5O. The van der Waals surface area contributed by atoms with E-state index >= 15 is 0 Å². The fourth-order valence-corrected chi connectivity index (χ4v) is 1.19. The Kier molecular flexibility index (Phi) is 4.40. The van der Waals surface area contributed by atoms with Gasteiger partial charge in [-0.15, -0.1) is 0 Å². The van der Waals surface area contributed by atoms with E-state index in [0.29, 0.717) is 18.2 Å². The first-order valence-corrected chi connectivity index (χ1v) is 5.26. The van der Waals surface area contributed by atoms with Crippen molar-refractivity contribution in [3.63, 3.8) is 0 Å². The Labute approximate surface area is 100 Å². The number of aromatic nitrogens is 2. The van der Waals surface area contributed by atoms with E-state index in [1.165, 1.54) is 17.2 Å². The van der Waals surface area contributed by atoms with Gasteiger partial charge in [-0.3, -0.25) is 4.79 Å². The molecule has 1 rings (SSSR count). The van der Waals surface area contributed by atoms with Crippen molar-refractivity contribution in [3.8, 4) is 6.07 Å². The van der Waals surface area contributed by atoms with E-state index in [2.05, 4.69) is 9.97 Å². The molecule has 0 saturated carbocycles. The summed E-state index contributed by atoms with van der Waals surface area (Å²) in [5, 5.41) is 8.75. The second-order valence-corrected chi connectivity index (χ2v) is 3.66. The van der Waals surface area contributed by atoms with Crippen molar-refractivity contribution < 1.29 is 4.79 Å². The monoisotopic (exact) mass is 233 g/mol. The first-order valence-electron chi connectivity index (χ1n) is 5.26. The number of nitriles is 1. The van der Waals surface area contributed by atoms with Crippen LogP contribution in [-0.4, -0.2) is 48.0 Å². The van der Waals surface area contributed by atoms with Crippen LogP contribution in [0, 0.1) is 11.3 Å². The van der Waals surface area contributed by atoms with E-state index in [0.717, 1.165) is 0 Å². The summed E-state index contributed by atoms with van der Waals surface area (Å²) in [4.78, 5) is 23.0. The van der Waals surface area contributed by atoms with Crippen LogP contribution in [0.3, 0.4) is 0 Å². The van der Waals surface area contributed by atoms with Crippen molar-refractivity contribution in [2.45, 2.75) is 6.92 Å². The quantitative estimate of drug-likeness (QED) is 0.746. The minimum absolute atomic E-state index is 0.0298. The van der Waals surface area contributed by atoms with E-state index < -0.39 is 0 Å². The normalized spacial score (nSPS) is 9.53. The Morgan fingerprint density at radius 2 is 2.24 bits per heavy atom. The van der Waals surface area contributed by atoms with Crippen molar-refractivity contribution in [2.24, 2.45) is 0 Å². The zero-order chi connectivity index (χ0) is 12.8. The summed E-state index contributed by atoms with van der Waals surface area (Å²) < 4.78 is 0. The average Bonchev–Trinajstić information content (AvgIpc) is 2.35. The number of anilines is 1. The van der Waals surface area contributed by atoms with Crippen molar-refractivity contribution >= 4 is 11.9 Å². The Bertz CT molecular complexity index is 438. The molecule has 0 atom stereocenters. The van der Waals surface area contributed by atoms with Crippen LogP contribution in [0.15, 0.2) is 12.3 Å². The third-order valence-corrected chi connectivity index (χ3v) is 2.25. The van der Waals surface area contributed by atoms with Gasteiger partial charge in [0.25, 0.3) is 0 Å². The number of nitrogens with zero attached hydrogens (tertiary/aromatic N) is 5. The highest BCUT2D eigenvalue weighted by Crippen LogP contribution is 2.06. The number of hydrogen-bond acceptors (Lipinski definition) is 5. The smallest absolute Gasteiger partial charge is 0.241 e.